The van der Waals surface area contributed by atoms with Gasteiger partial charge in [0.15, 0.2) is 5.76 Å². The maximum absolute atomic E-state index is 13.4. The molecule has 1 saturated heterocycles. The monoisotopic (exact) mass is 485 g/mol. The summed E-state index contributed by atoms with van der Waals surface area (Å²) in [6.45, 7) is 7.11. The fourth-order valence-electron chi connectivity index (χ4n) is 4.51. The Kier molecular flexibility index (Phi) is 8.37. The fourth-order valence-corrected chi connectivity index (χ4v) is 5.19. The van der Waals surface area contributed by atoms with Crippen LogP contribution in [0.5, 0.6) is 5.75 Å². The number of Topliss-reactive ketones (excluding diaryl/α,β-unsaturated/α-hetero) is 1. The molecule has 0 radical (unpaired) electrons. The number of thiophene rings is 1. The van der Waals surface area contributed by atoms with Crippen LogP contribution in [0.15, 0.2) is 53.1 Å². The van der Waals surface area contributed by atoms with Gasteiger partial charge in [-0.2, -0.15) is 0 Å². The van der Waals surface area contributed by atoms with Crippen LogP contribution in [0.4, 0.5) is 0 Å². The highest BCUT2D eigenvalue weighted by Crippen LogP contribution is 2.40. The maximum Gasteiger partial charge on any atom is 0.290 e. The molecule has 2 N–H and O–H groups in total. The molecule has 8 heteroatoms. The summed E-state index contributed by atoms with van der Waals surface area (Å²) in [4.78, 5) is 30.1. The zero-order valence-corrected chi connectivity index (χ0v) is 20.4. The number of rotatable bonds is 11. The van der Waals surface area contributed by atoms with Crippen LogP contribution in [-0.2, 0) is 9.53 Å². The number of carbonyl (C=O) groups is 2. The number of aliphatic hydroxyl groups excluding tert-OH is 1. The van der Waals surface area contributed by atoms with Crippen LogP contribution in [0, 0.1) is 0 Å². The molecule has 1 atom stereocenters. The van der Waals surface area contributed by atoms with Gasteiger partial charge in [-0.15, -0.1) is 11.3 Å². The predicted octanol–water partition coefficient (Wildman–Crippen LogP) is 2.81. The second-order valence-electron chi connectivity index (χ2n) is 8.71. The van der Waals surface area contributed by atoms with Gasteiger partial charge >= 0.3 is 0 Å². The van der Waals surface area contributed by atoms with E-state index < -0.39 is 17.7 Å². The smallest absolute Gasteiger partial charge is 0.290 e. The van der Waals surface area contributed by atoms with Gasteiger partial charge in [0.1, 0.15) is 18.8 Å². The van der Waals surface area contributed by atoms with Crippen molar-refractivity contribution < 1.29 is 29.1 Å². The van der Waals surface area contributed by atoms with Gasteiger partial charge in [-0.3, -0.25) is 9.59 Å². The SMILES string of the molecule is CCCCCOc1cccc([C@H]2C(C(=O)c3cccs3)=C(O)C(=O)N2CC[NH+]2CCOCC2)c1. The van der Waals surface area contributed by atoms with E-state index in [9.17, 15) is 14.7 Å². The molecule has 0 spiro atoms. The lowest BCUT2D eigenvalue weighted by Crippen LogP contribution is -3.14. The lowest BCUT2D eigenvalue weighted by Gasteiger charge is -2.30. The molecule has 1 aromatic heterocycles. The number of ether oxygens (including phenoxy) is 2. The normalized spacial score (nSPS) is 19.1. The van der Waals surface area contributed by atoms with Crippen molar-refractivity contribution in [3.05, 3.63) is 63.6 Å². The van der Waals surface area contributed by atoms with E-state index in [-0.39, 0.29) is 11.4 Å². The van der Waals surface area contributed by atoms with Gasteiger partial charge in [-0.25, -0.2) is 0 Å². The van der Waals surface area contributed by atoms with E-state index >= 15 is 0 Å². The Morgan fingerprint density at radius 2 is 2.06 bits per heavy atom. The molecule has 2 aliphatic rings. The van der Waals surface area contributed by atoms with Gasteiger partial charge in [-0.05, 0) is 35.6 Å². The van der Waals surface area contributed by atoms with Crippen molar-refractivity contribution in [1.29, 1.82) is 0 Å². The number of hydrogen-bond acceptors (Lipinski definition) is 6. The predicted molar refractivity (Wildman–Crippen MR) is 131 cm³/mol. The lowest BCUT2D eigenvalue weighted by atomic mass is 9.95. The first kappa shape index (κ1) is 24.4. The molecular weight excluding hydrogens is 452 g/mol. The number of quaternary nitrogens is 1. The number of morpholine rings is 1. The Morgan fingerprint density at radius 1 is 1.24 bits per heavy atom. The van der Waals surface area contributed by atoms with E-state index in [4.69, 9.17) is 9.47 Å². The number of carbonyl (C=O) groups excluding carboxylic acids is 2. The Morgan fingerprint density at radius 3 is 2.79 bits per heavy atom. The minimum absolute atomic E-state index is 0.146. The van der Waals surface area contributed by atoms with E-state index in [0.717, 1.165) is 44.5 Å². The van der Waals surface area contributed by atoms with Crippen molar-refractivity contribution in [3.8, 4) is 5.75 Å². The first-order valence-electron chi connectivity index (χ1n) is 12.1. The van der Waals surface area contributed by atoms with Crippen molar-refractivity contribution in [2.24, 2.45) is 0 Å². The summed E-state index contributed by atoms with van der Waals surface area (Å²) in [5.74, 6) is -0.545. The number of hydrogen-bond donors (Lipinski definition) is 2. The highest BCUT2D eigenvalue weighted by molar-refractivity contribution is 7.12. The lowest BCUT2D eigenvalue weighted by molar-refractivity contribution is -0.907. The van der Waals surface area contributed by atoms with Gasteiger partial charge in [0, 0.05) is 0 Å². The summed E-state index contributed by atoms with van der Waals surface area (Å²) in [5.41, 5.74) is 0.912. The average molecular weight is 486 g/mol. The molecule has 0 aliphatic carbocycles. The Hall–Kier alpha value is -2.68. The third-order valence-corrected chi connectivity index (χ3v) is 7.26. The second-order valence-corrected chi connectivity index (χ2v) is 9.66. The third kappa shape index (κ3) is 5.51. The van der Waals surface area contributed by atoms with Crippen LogP contribution in [0.1, 0.15) is 47.5 Å². The quantitative estimate of drug-likeness (QED) is 0.378. The summed E-state index contributed by atoms with van der Waals surface area (Å²) in [6.07, 6.45) is 3.19. The highest BCUT2D eigenvalue weighted by Gasteiger charge is 2.44. The Balaban J connectivity index is 1.61. The fraction of sp³-hybridized carbons (Fsp3) is 0.462. The number of aliphatic hydroxyl groups is 1. The van der Waals surface area contributed by atoms with Gasteiger partial charge in [-0.1, -0.05) is 38.0 Å². The molecule has 4 rings (SSSR count). The molecule has 3 heterocycles. The molecule has 1 amide bonds. The maximum atomic E-state index is 13.4. The summed E-state index contributed by atoms with van der Waals surface area (Å²) in [6, 6.07) is 10.4. The number of amides is 1. The first-order valence-corrected chi connectivity index (χ1v) is 12.9. The van der Waals surface area contributed by atoms with Crippen molar-refractivity contribution in [2.75, 3.05) is 46.0 Å². The minimum Gasteiger partial charge on any atom is -0.503 e. The summed E-state index contributed by atoms with van der Waals surface area (Å²) in [5, 5.41) is 12.7. The molecule has 2 aromatic rings. The molecule has 0 unspecified atom stereocenters. The minimum atomic E-state index is -0.651. The van der Waals surface area contributed by atoms with Gasteiger partial charge in [0.25, 0.3) is 5.91 Å². The zero-order valence-electron chi connectivity index (χ0n) is 19.6. The Bertz CT molecular complexity index is 1010. The average Bonchev–Trinajstić information content (AvgIpc) is 3.49. The van der Waals surface area contributed by atoms with E-state index in [1.807, 2.05) is 29.6 Å². The standard InChI is InChI=1S/C26H32N2O5S/c1-2-3-4-14-33-20-8-5-7-19(18-20)23-22(24(29)21-9-6-17-34-21)25(30)26(31)28(23)11-10-27-12-15-32-16-13-27/h5-9,17-18,23,30H,2-4,10-16H2,1H3/p+1/t23-/m0/s1. The van der Waals surface area contributed by atoms with E-state index in [2.05, 4.69) is 6.92 Å². The summed E-state index contributed by atoms with van der Waals surface area (Å²) < 4.78 is 11.4. The van der Waals surface area contributed by atoms with Gasteiger partial charge < -0.3 is 24.4 Å². The number of ketones is 1. The molecule has 182 valence electrons. The molecule has 0 saturated carbocycles. The molecule has 2 aliphatic heterocycles. The third-order valence-electron chi connectivity index (χ3n) is 6.39. The molecule has 0 bridgehead atoms. The second kappa shape index (κ2) is 11.6. The first-order chi connectivity index (χ1) is 16.6. The number of nitrogens with one attached hydrogen (secondary N) is 1. The Labute approximate surface area is 204 Å². The van der Waals surface area contributed by atoms with Crippen molar-refractivity contribution in [2.45, 2.75) is 32.2 Å². The van der Waals surface area contributed by atoms with Crippen LogP contribution >= 0.6 is 11.3 Å². The van der Waals surface area contributed by atoms with Crippen LogP contribution in [0.25, 0.3) is 0 Å². The van der Waals surface area contributed by atoms with Gasteiger partial charge in [0.05, 0.1) is 49.4 Å². The molecule has 34 heavy (non-hydrogen) atoms. The van der Waals surface area contributed by atoms with Crippen molar-refractivity contribution in [3.63, 3.8) is 0 Å². The van der Waals surface area contributed by atoms with E-state index in [1.54, 1.807) is 17.0 Å². The van der Waals surface area contributed by atoms with Crippen LogP contribution in [-0.4, -0.2) is 67.7 Å². The van der Waals surface area contributed by atoms with Crippen molar-refractivity contribution in [1.82, 2.24) is 4.90 Å². The largest absolute Gasteiger partial charge is 0.503 e. The van der Waals surface area contributed by atoms with Crippen LogP contribution in [0.2, 0.25) is 0 Å². The highest BCUT2D eigenvalue weighted by atomic mass is 32.1. The summed E-state index contributed by atoms with van der Waals surface area (Å²) in [7, 11) is 0. The van der Waals surface area contributed by atoms with Crippen LogP contribution in [0.3, 0.4) is 0 Å². The molecular formula is C26H33N2O5S+. The number of unbranched alkanes of at least 4 members (excludes halogenated alkanes) is 2. The summed E-state index contributed by atoms with van der Waals surface area (Å²) >= 11 is 1.31. The van der Waals surface area contributed by atoms with E-state index in [1.165, 1.54) is 16.2 Å². The topological polar surface area (TPSA) is 80.5 Å². The molecule has 1 aromatic carbocycles. The van der Waals surface area contributed by atoms with Crippen LogP contribution < -0.4 is 9.64 Å². The number of nitrogens with zero attached hydrogens (tertiary/aromatic N) is 1. The molecule has 1 fully saturated rings. The zero-order chi connectivity index (χ0) is 23.9. The number of benzene rings is 1. The van der Waals surface area contributed by atoms with Gasteiger partial charge in [0.2, 0.25) is 5.78 Å². The molecule has 7 nitrogen and oxygen atoms in total. The van der Waals surface area contributed by atoms with E-state index in [0.29, 0.717) is 37.0 Å². The van der Waals surface area contributed by atoms with Crippen molar-refractivity contribution >= 4 is 23.0 Å².